The quantitative estimate of drug-likeness (QED) is 0.565. The highest BCUT2D eigenvalue weighted by molar-refractivity contribution is 6.09. The third-order valence-electron chi connectivity index (χ3n) is 3.99. The molecule has 126 valence electrons. The van der Waals surface area contributed by atoms with Crippen LogP contribution in [-0.4, -0.2) is 18.7 Å². The molecule has 2 atom stereocenters. The summed E-state index contributed by atoms with van der Waals surface area (Å²) in [4.78, 5) is 11.7. The van der Waals surface area contributed by atoms with E-state index in [0.717, 1.165) is 21.5 Å². The van der Waals surface area contributed by atoms with Gasteiger partial charge in [-0.2, -0.15) is 0 Å². The minimum atomic E-state index is -1.89. The molecule has 3 aromatic carbocycles. The molecule has 0 saturated heterocycles. The van der Waals surface area contributed by atoms with Crippen molar-refractivity contribution in [2.45, 2.75) is 19.1 Å². The summed E-state index contributed by atoms with van der Waals surface area (Å²) in [6.07, 6.45) is -1.89. The monoisotopic (exact) mass is 347 g/mol. The molecule has 0 aromatic heterocycles. The van der Waals surface area contributed by atoms with E-state index < -0.39 is 18.2 Å². The van der Waals surface area contributed by atoms with Crippen molar-refractivity contribution in [3.05, 3.63) is 60.2 Å². The Bertz CT molecular complexity index is 868. The summed E-state index contributed by atoms with van der Waals surface area (Å²) >= 11 is 0. The second-order valence-corrected chi connectivity index (χ2v) is 5.41. The van der Waals surface area contributed by atoms with Crippen LogP contribution in [0.4, 0.5) is 4.39 Å². The molecule has 0 saturated carbocycles. The first kappa shape index (κ1) is 18.2. The zero-order valence-electron chi connectivity index (χ0n) is 13.2. The Hall–Kier alpha value is -2.17. The maximum atomic E-state index is 14.4. The molecule has 0 spiro atoms. The molecular weight excluding hydrogens is 329 g/mol. The maximum Gasteiger partial charge on any atom is 0.342 e. The number of esters is 1. The molecular formula is C19H19ClFNO2. The van der Waals surface area contributed by atoms with Gasteiger partial charge in [0.15, 0.2) is 0 Å². The summed E-state index contributed by atoms with van der Waals surface area (Å²) in [6.45, 7) is 1.77. The van der Waals surface area contributed by atoms with Crippen molar-refractivity contribution in [1.29, 1.82) is 0 Å². The predicted octanol–water partition coefficient (Wildman–Crippen LogP) is 4.32. The van der Waals surface area contributed by atoms with Crippen molar-refractivity contribution >= 4 is 39.9 Å². The standard InChI is InChI=1S/C19H18FNO2.ClH/c1-2-23-19(22)17(20)18(21)16-11-12-7-3-4-8-13(12)14-9-5-6-10-15(14)16;/h3-11,17-18H,2,21H2,1H3;1H/t17?,18-;/m1./s1. The van der Waals surface area contributed by atoms with E-state index in [1.165, 1.54) is 0 Å². The largest absolute Gasteiger partial charge is 0.464 e. The van der Waals surface area contributed by atoms with E-state index in [9.17, 15) is 9.18 Å². The molecule has 0 radical (unpaired) electrons. The number of fused-ring (bicyclic) bond motifs is 3. The molecule has 0 bridgehead atoms. The fraction of sp³-hybridized carbons (Fsp3) is 0.211. The molecule has 3 rings (SSSR count). The molecule has 3 aromatic rings. The predicted molar refractivity (Wildman–Crippen MR) is 97.2 cm³/mol. The van der Waals surface area contributed by atoms with Crippen LogP contribution < -0.4 is 5.73 Å². The van der Waals surface area contributed by atoms with Gasteiger partial charge in [0.2, 0.25) is 6.17 Å². The number of carbonyl (C=O) groups is 1. The second kappa shape index (κ2) is 7.60. The first-order valence-corrected chi connectivity index (χ1v) is 7.60. The number of carbonyl (C=O) groups excluding carboxylic acids is 1. The number of alkyl halides is 1. The van der Waals surface area contributed by atoms with Gasteiger partial charge in [-0.05, 0) is 40.1 Å². The Balaban J connectivity index is 0.00000208. The lowest BCUT2D eigenvalue weighted by atomic mass is 9.92. The Morgan fingerprint density at radius 2 is 1.67 bits per heavy atom. The highest BCUT2D eigenvalue weighted by Crippen LogP contribution is 2.33. The average Bonchev–Trinajstić information content (AvgIpc) is 2.60. The fourth-order valence-corrected chi connectivity index (χ4v) is 2.89. The summed E-state index contributed by atoms with van der Waals surface area (Å²) in [7, 11) is 0. The third-order valence-corrected chi connectivity index (χ3v) is 3.99. The van der Waals surface area contributed by atoms with E-state index in [1.807, 2.05) is 54.6 Å². The molecule has 0 fully saturated rings. The van der Waals surface area contributed by atoms with Crippen molar-refractivity contribution in [2.75, 3.05) is 6.61 Å². The Morgan fingerprint density at radius 1 is 1.08 bits per heavy atom. The van der Waals surface area contributed by atoms with E-state index in [1.54, 1.807) is 6.92 Å². The summed E-state index contributed by atoms with van der Waals surface area (Å²) in [5.74, 6) is -0.919. The smallest absolute Gasteiger partial charge is 0.342 e. The van der Waals surface area contributed by atoms with E-state index in [0.29, 0.717) is 5.56 Å². The molecule has 24 heavy (non-hydrogen) atoms. The van der Waals surface area contributed by atoms with Crippen molar-refractivity contribution in [1.82, 2.24) is 0 Å². The van der Waals surface area contributed by atoms with Gasteiger partial charge in [0.1, 0.15) is 0 Å². The molecule has 2 N–H and O–H groups in total. The van der Waals surface area contributed by atoms with Gasteiger partial charge in [0.05, 0.1) is 12.6 Å². The van der Waals surface area contributed by atoms with Crippen LogP contribution in [0.2, 0.25) is 0 Å². The van der Waals surface area contributed by atoms with Crippen molar-refractivity contribution in [3.8, 4) is 0 Å². The Labute approximate surface area is 146 Å². The number of hydrogen-bond donors (Lipinski definition) is 1. The van der Waals surface area contributed by atoms with E-state index in [-0.39, 0.29) is 19.0 Å². The Morgan fingerprint density at radius 3 is 2.33 bits per heavy atom. The zero-order chi connectivity index (χ0) is 16.4. The minimum Gasteiger partial charge on any atom is -0.464 e. The van der Waals surface area contributed by atoms with Crippen LogP contribution in [0.5, 0.6) is 0 Å². The molecule has 0 aliphatic carbocycles. The normalized spacial score (nSPS) is 13.3. The highest BCUT2D eigenvalue weighted by Gasteiger charge is 2.29. The van der Waals surface area contributed by atoms with Gasteiger partial charge in [-0.15, -0.1) is 12.4 Å². The number of hydrogen-bond acceptors (Lipinski definition) is 3. The van der Waals surface area contributed by atoms with Gasteiger partial charge in [-0.1, -0.05) is 48.5 Å². The van der Waals surface area contributed by atoms with Crippen molar-refractivity contribution in [3.63, 3.8) is 0 Å². The maximum absolute atomic E-state index is 14.4. The van der Waals surface area contributed by atoms with Crippen LogP contribution in [0.15, 0.2) is 54.6 Å². The lowest BCUT2D eigenvalue weighted by molar-refractivity contribution is -0.149. The first-order valence-electron chi connectivity index (χ1n) is 7.60. The summed E-state index contributed by atoms with van der Waals surface area (Å²) in [5, 5.41) is 3.89. The zero-order valence-corrected chi connectivity index (χ0v) is 14.1. The lowest BCUT2D eigenvalue weighted by Crippen LogP contribution is -2.31. The SMILES string of the molecule is CCOC(=O)C(F)[C@H](N)c1cc2ccccc2c2ccccc12.Cl. The van der Waals surface area contributed by atoms with Crippen LogP contribution in [-0.2, 0) is 9.53 Å². The van der Waals surface area contributed by atoms with Crippen LogP contribution in [0, 0.1) is 0 Å². The van der Waals surface area contributed by atoms with Crippen LogP contribution in [0.25, 0.3) is 21.5 Å². The molecule has 0 aliphatic rings. The Kier molecular flexibility index (Phi) is 5.75. The molecule has 0 aliphatic heterocycles. The molecule has 3 nitrogen and oxygen atoms in total. The van der Waals surface area contributed by atoms with Gasteiger partial charge in [0, 0.05) is 0 Å². The summed E-state index contributed by atoms with van der Waals surface area (Å²) < 4.78 is 19.1. The molecule has 1 unspecified atom stereocenters. The lowest BCUT2D eigenvalue weighted by Gasteiger charge is -2.19. The average molecular weight is 348 g/mol. The van der Waals surface area contributed by atoms with Crippen LogP contribution in [0.3, 0.4) is 0 Å². The highest BCUT2D eigenvalue weighted by atomic mass is 35.5. The second-order valence-electron chi connectivity index (χ2n) is 5.41. The van der Waals surface area contributed by atoms with E-state index >= 15 is 0 Å². The third kappa shape index (κ3) is 3.21. The van der Waals surface area contributed by atoms with Crippen molar-refractivity contribution in [2.24, 2.45) is 5.73 Å². The van der Waals surface area contributed by atoms with Crippen molar-refractivity contribution < 1.29 is 13.9 Å². The number of rotatable bonds is 4. The van der Waals surface area contributed by atoms with E-state index in [2.05, 4.69) is 0 Å². The topological polar surface area (TPSA) is 52.3 Å². The first-order chi connectivity index (χ1) is 11.1. The van der Waals surface area contributed by atoms with Gasteiger partial charge in [0.25, 0.3) is 0 Å². The minimum absolute atomic E-state index is 0. The number of benzene rings is 3. The molecule has 0 amide bonds. The van der Waals surface area contributed by atoms with Crippen LogP contribution >= 0.6 is 12.4 Å². The molecule has 5 heteroatoms. The molecule has 0 heterocycles. The van der Waals surface area contributed by atoms with Crippen LogP contribution in [0.1, 0.15) is 18.5 Å². The van der Waals surface area contributed by atoms with Gasteiger partial charge in [-0.3, -0.25) is 0 Å². The van der Waals surface area contributed by atoms with Gasteiger partial charge in [-0.25, -0.2) is 9.18 Å². The fourth-order valence-electron chi connectivity index (χ4n) is 2.89. The number of halogens is 2. The summed E-state index contributed by atoms with van der Waals surface area (Å²) in [5.41, 5.74) is 6.66. The van der Waals surface area contributed by atoms with Gasteiger partial charge >= 0.3 is 5.97 Å². The van der Waals surface area contributed by atoms with Gasteiger partial charge < -0.3 is 10.5 Å². The number of ether oxygens (including phenoxy) is 1. The van der Waals surface area contributed by atoms with E-state index in [4.69, 9.17) is 10.5 Å². The number of nitrogens with two attached hydrogens (primary N) is 1. The summed E-state index contributed by atoms with van der Waals surface area (Å²) in [6, 6.07) is 16.3.